The number of hydrogen-bond donors (Lipinski definition) is 1. The molecule has 3 rings (SSSR count). The van der Waals surface area contributed by atoms with E-state index in [1.807, 2.05) is 61.8 Å². The van der Waals surface area contributed by atoms with Crippen LogP contribution in [0.2, 0.25) is 0 Å². The molecule has 0 radical (unpaired) electrons. The Morgan fingerprint density at radius 3 is 2.67 bits per heavy atom. The summed E-state index contributed by atoms with van der Waals surface area (Å²) < 4.78 is 1.80. The Bertz CT molecular complexity index is 797. The first-order valence-corrected chi connectivity index (χ1v) is 7.97. The van der Waals surface area contributed by atoms with Crippen LogP contribution in [0.25, 0.3) is 11.3 Å². The summed E-state index contributed by atoms with van der Waals surface area (Å²) in [4.78, 5) is 16.3. The summed E-state index contributed by atoms with van der Waals surface area (Å²) in [6.45, 7) is 0.457. The average molecular weight is 320 g/mol. The second-order valence-corrected chi connectivity index (χ2v) is 5.64. The van der Waals surface area contributed by atoms with E-state index in [1.165, 1.54) is 0 Å². The highest BCUT2D eigenvalue weighted by Gasteiger charge is 2.11. The molecule has 1 N–H and O–H groups in total. The summed E-state index contributed by atoms with van der Waals surface area (Å²) in [5, 5.41) is 7.43. The number of benzene rings is 1. The maximum atomic E-state index is 12.1. The number of aryl methyl sites for hydroxylation is 2. The molecule has 1 aromatic carbocycles. The lowest BCUT2D eigenvalue weighted by Gasteiger charge is -2.05. The zero-order chi connectivity index (χ0) is 16.8. The van der Waals surface area contributed by atoms with Gasteiger partial charge >= 0.3 is 0 Å². The second kappa shape index (κ2) is 7.55. The van der Waals surface area contributed by atoms with Gasteiger partial charge in [-0.05, 0) is 24.1 Å². The molecule has 0 fully saturated rings. The molecule has 0 bridgehead atoms. The molecule has 0 unspecified atom stereocenters. The summed E-state index contributed by atoms with van der Waals surface area (Å²) in [5.41, 5.74) is 3.95. The lowest BCUT2D eigenvalue weighted by molar-refractivity contribution is -0.121. The molecule has 0 aliphatic heterocycles. The Kier molecular flexibility index (Phi) is 5.01. The molecule has 0 saturated heterocycles. The van der Waals surface area contributed by atoms with Crippen LogP contribution in [0.5, 0.6) is 0 Å². The van der Waals surface area contributed by atoms with Gasteiger partial charge in [-0.3, -0.25) is 14.5 Å². The maximum Gasteiger partial charge on any atom is 0.220 e. The highest BCUT2D eigenvalue weighted by Crippen LogP contribution is 2.22. The number of pyridine rings is 1. The number of aromatic nitrogens is 3. The van der Waals surface area contributed by atoms with E-state index >= 15 is 0 Å². The maximum absolute atomic E-state index is 12.1. The molecule has 24 heavy (non-hydrogen) atoms. The van der Waals surface area contributed by atoms with E-state index in [4.69, 9.17) is 0 Å². The van der Waals surface area contributed by atoms with Crippen LogP contribution in [-0.2, 0) is 24.8 Å². The van der Waals surface area contributed by atoms with Crippen molar-refractivity contribution in [3.05, 3.63) is 72.2 Å². The van der Waals surface area contributed by atoms with Gasteiger partial charge in [-0.15, -0.1) is 0 Å². The van der Waals surface area contributed by atoms with Crippen molar-refractivity contribution in [2.45, 2.75) is 19.4 Å². The molecule has 3 aromatic rings. The van der Waals surface area contributed by atoms with Crippen molar-refractivity contribution in [2.24, 2.45) is 7.05 Å². The van der Waals surface area contributed by atoms with E-state index < -0.39 is 0 Å². The third-order valence-corrected chi connectivity index (χ3v) is 3.77. The Labute approximate surface area is 141 Å². The Balaban J connectivity index is 1.60. The van der Waals surface area contributed by atoms with Crippen LogP contribution in [0, 0.1) is 0 Å². The Hall–Kier alpha value is -2.95. The van der Waals surface area contributed by atoms with Crippen molar-refractivity contribution in [3.8, 4) is 11.3 Å². The fourth-order valence-corrected chi connectivity index (χ4v) is 2.59. The fourth-order valence-electron chi connectivity index (χ4n) is 2.59. The first-order valence-electron chi connectivity index (χ1n) is 7.97. The molecule has 2 aromatic heterocycles. The quantitative estimate of drug-likeness (QED) is 0.760. The van der Waals surface area contributed by atoms with Crippen molar-refractivity contribution in [1.82, 2.24) is 20.1 Å². The van der Waals surface area contributed by atoms with Crippen molar-refractivity contribution in [1.29, 1.82) is 0 Å². The Morgan fingerprint density at radius 2 is 1.92 bits per heavy atom. The number of carbonyl (C=O) groups excluding carboxylic acids is 1. The molecule has 1 amide bonds. The standard InChI is InChI=1S/C19H20N4O/c1-23-14-16(19(22-23)15-7-3-2-4-8-15)10-11-18(24)21-13-17-9-5-6-12-20-17/h2-9,12,14H,10-11,13H2,1H3,(H,21,24). The van der Waals surface area contributed by atoms with Gasteiger partial charge in [0.05, 0.1) is 17.9 Å². The van der Waals surface area contributed by atoms with Gasteiger partial charge in [0, 0.05) is 31.4 Å². The molecule has 0 spiro atoms. The SMILES string of the molecule is Cn1cc(CCC(=O)NCc2ccccn2)c(-c2ccccc2)n1. The molecule has 0 atom stereocenters. The number of hydrogen-bond acceptors (Lipinski definition) is 3. The third kappa shape index (κ3) is 4.07. The van der Waals surface area contributed by atoms with E-state index in [1.54, 1.807) is 10.9 Å². The lowest BCUT2D eigenvalue weighted by atomic mass is 10.0. The summed E-state index contributed by atoms with van der Waals surface area (Å²) in [6.07, 6.45) is 4.79. The highest BCUT2D eigenvalue weighted by atomic mass is 16.1. The molecule has 2 heterocycles. The summed E-state index contributed by atoms with van der Waals surface area (Å²) in [5.74, 6) is 0.0171. The molecular formula is C19H20N4O. The van der Waals surface area contributed by atoms with Gasteiger partial charge in [0.15, 0.2) is 0 Å². The molecule has 0 aliphatic rings. The van der Waals surface area contributed by atoms with Crippen LogP contribution in [-0.4, -0.2) is 20.7 Å². The average Bonchev–Trinajstić information content (AvgIpc) is 3.00. The molecule has 5 nitrogen and oxygen atoms in total. The van der Waals surface area contributed by atoms with Crippen LogP contribution in [0.3, 0.4) is 0 Å². The van der Waals surface area contributed by atoms with Gasteiger partial charge in [0.2, 0.25) is 5.91 Å². The molecule has 0 aliphatic carbocycles. The minimum atomic E-state index is 0.0171. The number of carbonyl (C=O) groups is 1. The van der Waals surface area contributed by atoms with Gasteiger partial charge in [-0.2, -0.15) is 5.10 Å². The van der Waals surface area contributed by atoms with E-state index in [-0.39, 0.29) is 5.91 Å². The van der Waals surface area contributed by atoms with E-state index in [0.717, 1.165) is 22.5 Å². The summed E-state index contributed by atoms with van der Waals surface area (Å²) >= 11 is 0. The first-order chi connectivity index (χ1) is 11.7. The van der Waals surface area contributed by atoms with Gasteiger partial charge in [-0.1, -0.05) is 36.4 Å². The van der Waals surface area contributed by atoms with Crippen molar-refractivity contribution in [2.75, 3.05) is 0 Å². The van der Waals surface area contributed by atoms with Gasteiger partial charge < -0.3 is 5.32 Å². The zero-order valence-electron chi connectivity index (χ0n) is 13.6. The van der Waals surface area contributed by atoms with E-state index in [9.17, 15) is 4.79 Å². The monoisotopic (exact) mass is 320 g/mol. The molecule has 0 saturated carbocycles. The lowest BCUT2D eigenvalue weighted by Crippen LogP contribution is -2.23. The highest BCUT2D eigenvalue weighted by molar-refractivity contribution is 5.76. The van der Waals surface area contributed by atoms with Crippen molar-refractivity contribution < 1.29 is 4.79 Å². The summed E-state index contributed by atoms with van der Waals surface area (Å²) in [7, 11) is 1.90. The second-order valence-electron chi connectivity index (χ2n) is 5.64. The third-order valence-electron chi connectivity index (χ3n) is 3.77. The van der Waals surface area contributed by atoms with Gasteiger partial charge in [-0.25, -0.2) is 0 Å². The van der Waals surface area contributed by atoms with Crippen molar-refractivity contribution >= 4 is 5.91 Å². The van der Waals surface area contributed by atoms with E-state index in [0.29, 0.717) is 19.4 Å². The number of nitrogens with zero attached hydrogens (tertiary/aromatic N) is 3. The largest absolute Gasteiger partial charge is 0.350 e. The van der Waals surface area contributed by atoms with Crippen LogP contribution in [0.4, 0.5) is 0 Å². The summed E-state index contributed by atoms with van der Waals surface area (Å²) in [6, 6.07) is 15.7. The van der Waals surface area contributed by atoms with Crippen LogP contribution < -0.4 is 5.32 Å². The van der Waals surface area contributed by atoms with Crippen LogP contribution in [0.1, 0.15) is 17.7 Å². The molecule has 5 heteroatoms. The number of nitrogens with one attached hydrogen (secondary N) is 1. The van der Waals surface area contributed by atoms with Gasteiger partial charge in [0.1, 0.15) is 0 Å². The number of rotatable bonds is 6. The van der Waals surface area contributed by atoms with Crippen LogP contribution >= 0.6 is 0 Å². The van der Waals surface area contributed by atoms with Crippen molar-refractivity contribution in [3.63, 3.8) is 0 Å². The minimum Gasteiger partial charge on any atom is -0.350 e. The normalized spacial score (nSPS) is 10.5. The molecule has 122 valence electrons. The smallest absolute Gasteiger partial charge is 0.220 e. The fraction of sp³-hybridized carbons (Fsp3) is 0.211. The molecular weight excluding hydrogens is 300 g/mol. The minimum absolute atomic E-state index is 0.0171. The predicted octanol–water partition coefficient (Wildman–Crippen LogP) is 2.73. The number of amides is 1. The Morgan fingerprint density at radius 1 is 1.12 bits per heavy atom. The predicted molar refractivity (Wildman–Crippen MR) is 93.0 cm³/mol. The van der Waals surface area contributed by atoms with E-state index in [2.05, 4.69) is 15.4 Å². The topological polar surface area (TPSA) is 59.8 Å². The first kappa shape index (κ1) is 15.9. The van der Waals surface area contributed by atoms with Gasteiger partial charge in [0.25, 0.3) is 0 Å². The zero-order valence-corrected chi connectivity index (χ0v) is 13.6. The van der Waals surface area contributed by atoms with Crippen LogP contribution in [0.15, 0.2) is 60.9 Å².